The maximum atomic E-state index is 4.79. The van der Waals surface area contributed by atoms with Gasteiger partial charge in [-0.15, -0.1) is 0 Å². The minimum absolute atomic E-state index is 0.429. The number of allylic oxidation sites excluding steroid dienone is 3. The van der Waals surface area contributed by atoms with E-state index in [0.29, 0.717) is 5.92 Å². The number of fused-ring (bicyclic) bond motifs is 1. The van der Waals surface area contributed by atoms with Crippen molar-refractivity contribution in [1.82, 2.24) is 25.8 Å². The van der Waals surface area contributed by atoms with Crippen LogP contribution < -0.4 is 16.2 Å². The molecule has 2 aliphatic heterocycles. The average Bonchev–Trinajstić information content (AvgIpc) is 3.29. The number of rotatable bonds is 5. The first kappa shape index (κ1) is 19.0. The van der Waals surface area contributed by atoms with Gasteiger partial charge in [0.25, 0.3) is 0 Å². The molecule has 3 aromatic heterocycles. The van der Waals surface area contributed by atoms with Crippen molar-refractivity contribution in [2.75, 3.05) is 5.32 Å². The summed E-state index contributed by atoms with van der Waals surface area (Å²) in [7, 11) is 0. The molecule has 0 fully saturated rings. The van der Waals surface area contributed by atoms with Crippen LogP contribution in [0.4, 0.5) is 5.82 Å². The van der Waals surface area contributed by atoms with Crippen molar-refractivity contribution >= 4 is 34.3 Å². The van der Waals surface area contributed by atoms with Crippen LogP contribution in [0.25, 0.3) is 22.3 Å². The number of aromatic nitrogens is 3. The van der Waals surface area contributed by atoms with Gasteiger partial charge in [-0.2, -0.15) is 0 Å². The zero-order valence-electron chi connectivity index (χ0n) is 17.4. The minimum Gasteiger partial charge on any atom is -0.325 e. The highest BCUT2D eigenvalue weighted by Crippen LogP contribution is 2.33. The first-order chi connectivity index (χ1) is 15.2. The lowest BCUT2D eigenvalue weighted by Crippen LogP contribution is -2.33. The van der Waals surface area contributed by atoms with Crippen LogP contribution in [0, 0.1) is 5.92 Å². The van der Waals surface area contributed by atoms with E-state index in [1.807, 2.05) is 49.1 Å². The summed E-state index contributed by atoms with van der Waals surface area (Å²) in [4.78, 5) is 18.2. The molecule has 7 nitrogen and oxygen atoms in total. The summed E-state index contributed by atoms with van der Waals surface area (Å²) in [6, 6.07) is 9.94. The summed E-state index contributed by atoms with van der Waals surface area (Å²) in [5.41, 5.74) is 13.2. The SMILES string of the molecule is CC(C)C1=CNNC(Nc2ccc3ncc(C4=C(c5cccnc5)N=CC4)cc3n2)=C1. The van der Waals surface area contributed by atoms with Gasteiger partial charge in [0, 0.05) is 48.6 Å². The molecule has 0 bridgehead atoms. The molecular weight excluding hydrogens is 386 g/mol. The second-order valence-electron chi connectivity index (χ2n) is 7.79. The molecule has 3 N–H and O–H groups in total. The first-order valence-corrected chi connectivity index (χ1v) is 10.3. The lowest BCUT2D eigenvalue weighted by molar-refractivity contribution is 0.677. The Bertz CT molecular complexity index is 1250. The lowest BCUT2D eigenvalue weighted by atomic mass is 10.0. The summed E-state index contributed by atoms with van der Waals surface area (Å²) in [5.74, 6) is 2.03. The van der Waals surface area contributed by atoms with Gasteiger partial charge in [0.1, 0.15) is 11.6 Å². The van der Waals surface area contributed by atoms with Gasteiger partial charge in [0.15, 0.2) is 0 Å². The third-order valence-electron chi connectivity index (χ3n) is 5.31. The van der Waals surface area contributed by atoms with Gasteiger partial charge >= 0.3 is 0 Å². The second-order valence-corrected chi connectivity index (χ2v) is 7.79. The molecule has 31 heavy (non-hydrogen) atoms. The highest BCUT2D eigenvalue weighted by atomic mass is 15.4. The summed E-state index contributed by atoms with van der Waals surface area (Å²) in [6.45, 7) is 4.32. The van der Waals surface area contributed by atoms with Crippen LogP contribution >= 0.6 is 0 Å². The van der Waals surface area contributed by atoms with E-state index in [4.69, 9.17) is 4.98 Å². The number of nitrogens with zero attached hydrogens (tertiary/aromatic N) is 4. The van der Waals surface area contributed by atoms with E-state index >= 15 is 0 Å². The van der Waals surface area contributed by atoms with Crippen LogP contribution in [0.3, 0.4) is 0 Å². The lowest BCUT2D eigenvalue weighted by Gasteiger charge is -2.20. The number of anilines is 1. The number of nitrogens with one attached hydrogen (secondary N) is 3. The van der Waals surface area contributed by atoms with Gasteiger partial charge in [-0.05, 0) is 53.5 Å². The van der Waals surface area contributed by atoms with Crippen molar-refractivity contribution in [2.45, 2.75) is 20.3 Å². The van der Waals surface area contributed by atoms with E-state index in [1.54, 1.807) is 6.20 Å². The molecule has 5 rings (SSSR count). The summed E-state index contributed by atoms with van der Waals surface area (Å²) < 4.78 is 0. The smallest absolute Gasteiger partial charge is 0.132 e. The summed E-state index contributed by atoms with van der Waals surface area (Å²) in [5, 5.41) is 3.34. The molecule has 0 spiro atoms. The fourth-order valence-electron chi connectivity index (χ4n) is 3.63. The minimum atomic E-state index is 0.429. The predicted molar refractivity (Wildman–Crippen MR) is 125 cm³/mol. The predicted octanol–water partition coefficient (Wildman–Crippen LogP) is 4.27. The molecule has 0 unspecified atom stereocenters. The topological polar surface area (TPSA) is 87.1 Å². The molecule has 5 heterocycles. The molecule has 0 aliphatic carbocycles. The van der Waals surface area contributed by atoms with Crippen LogP contribution in [0.15, 0.2) is 77.6 Å². The van der Waals surface area contributed by atoms with Gasteiger partial charge in [0.05, 0.1) is 16.7 Å². The zero-order valence-corrected chi connectivity index (χ0v) is 17.4. The Morgan fingerprint density at radius 3 is 2.84 bits per heavy atom. The van der Waals surface area contributed by atoms with Gasteiger partial charge < -0.3 is 10.7 Å². The summed E-state index contributed by atoms with van der Waals surface area (Å²) in [6.07, 6.45) is 12.3. The van der Waals surface area contributed by atoms with Crippen molar-refractivity contribution in [2.24, 2.45) is 10.9 Å². The van der Waals surface area contributed by atoms with Crippen molar-refractivity contribution in [1.29, 1.82) is 0 Å². The van der Waals surface area contributed by atoms with Crippen molar-refractivity contribution in [3.8, 4) is 0 Å². The molecule has 154 valence electrons. The monoisotopic (exact) mass is 409 g/mol. The average molecular weight is 409 g/mol. The number of pyridine rings is 3. The van der Waals surface area contributed by atoms with E-state index in [2.05, 4.69) is 57.1 Å². The van der Waals surface area contributed by atoms with Gasteiger partial charge in [-0.25, -0.2) is 4.98 Å². The first-order valence-electron chi connectivity index (χ1n) is 10.3. The third kappa shape index (κ3) is 3.90. The third-order valence-corrected chi connectivity index (χ3v) is 5.31. The Morgan fingerprint density at radius 2 is 2.00 bits per heavy atom. The summed E-state index contributed by atoms with van der Waals surface area (Å²) >= 11 is 0. The number of hydrogen-bond acceptors (Lipinski definition) is 7. The molecule has 0 radical (unpaired) electrons. The number of hydrogen-bond donors (Lipinski definition) is 3. The Morgan fingerprint density at radius 1 is 1.06 bits per heavy atom. The van der Waals surface area contributed by atoms with Gasteiger partial charge in [0.2, 0.25) is 0 Å². The van der Waals surface area contributed by atoms with E-state index in [0.717, 1.165) is 51.5 Å². The largest absolute Gasteiger partial charge is 0.325 e. The molecular formula is C24H23N7. The Balaban J connectivity index is 1.47. The highest BCUT2D eigenvalue weighted by molar-refractivity contribution is 6.03. The van der Waals surface area contributed by atoms with E-state index < -0.39 is 0 Å². The van der Waals surface area contributed by atoms with Crippen LogP contribution in [0.1, 0.15) is 31.4 Å². The Kier molecular flexibility index (Phi) is 4.92. The Labute approximate surface area is 180 Å². The standard InChI is InChI=1S/C24H23N7/c1-15(2)17-11-23(31-28-14-17)30-22-6-5-20-21(29-22)10-18(13-27-20)19-7-9-26-24(19)16-4-3-8-25-12-16/h3-6,8-15,28,31H,7H2,1-2H3,(H,29,30). The molecule has 0 saturated heterocycles. The van der Waals surface area contributed by atoms with E-state index in [1.165, 1.54) is 5.57 Å². The number of hydrazine groups is 1. The molecule has 2 aliphatic rings. The van der Waals surface area contributed by atoms with Gasteiger partial charge in [-0.1, -0.05) is 13.8 Å². The molecule has 0 atom stereocenters. The van der Waals surface area contributed by atoms with Crippen molar-refractivity contribution in [3.63, 3.8) is 0 Å². The normalized spacial score (nSPS) is 15.6. The van der Waals surface area contributed by atoms with Crippen LogP contribution in [-0.2, 0) is 0 Å². The quantitative estimate of drug-likeness (QED) is 0.583. The molecule has 0 aromatic carbocycles. The maximum absolute atomic E-state index is 4.79. The van der Waals surface area contributed by atoms with E-state index in [9.17, 15) is 0 Å². The van der Waals surface area contributed by atoms with E-state index in [-0.39, 0.29) is 0 Å². The van der Waals surface area contributed by atoms with Gasteiger partial charge in [-0.3, -0.25) is 20.4 Å². The second kappa shape index (κ2) is 8.02. The Hall–Kier alpha value is -4.00. The molecule has 0 saturated carbocycles. The van der Waals surface area contributed by atoms with Crippen LogP contribution in [0.5, 0.6) is 0 Å². The van der Waals surface area contributed by atoms with Crippen LogP contribution in [-0.4, -0.2) is 21.2 Å². The van der Waals surface area contributed by atoms with Crippen molar-refractivity contribution in [3.05, 3.63) is 83.7 Å². The fraction of sp³-hybridized carbons (Fsp3) is 0.167. The highest BCUT2D eigenvalue weighted by Gasteiger charge is 2.16. The molecule has 7 heteroatoms. The van der Waals surface area contributed by atoms with Crippen LogP contribution in [0.2, 0.25) is 0 Å². The molecule has 3 aromatic rings. The maximum Gasteiger partial charge on any atom is 0.132 e. The van der Waals surface area contributed by atoms with Crippen molar-refractivity contribution < 1.29 is 0 Å². The molecule has 0 amide bonds. The fourth-order valence-corrected chi connectivity index (χ4v) is 3.63. The number of aliphatic imine (C=N–C) groups is 1. The zero-order chi connectivity index (χ0) is 21.2.